The lowest BCUT2D eigenvalue weighted by Crippen LogP contribution is -1.95. The second-order valence-corrected chi connectivity index (χ2v) is 5.07. The molecule has 3 aromatic rings. The zero-order chi connectivity index (χ0) is 14.8. The fourth-order valence-electron chi connectivity index (χ4n) is 2.21. The van der Waals surface area contributed by atoms with Crippen LogP contribution in [0.2, 0.25) is 0 Å². The molecular formula is C16H14ClNO3. The van der Waals surface area contributed by atoms with Crippen molar-refractivity contribution >= 4 is 22.7 Å². The van der Waals surface area contributed by atoms with Crippen molar-refractivity contribution in [3.63, 3.8) is 0 Å². The average molecular weight is 304 g/mol. The molecule has 108 valence electrons. The molecule has 3 rings (SSSR count). The number of ether oxygens (including phenoxy) is 1. The molecule has 1 unspecified atom stereocenters. The first-order chi connectivity index (χ1) is 10.2. The largest absolute Gasteiger partial charge is 0.494 e. The normalized spacial score (nSPS) is 12.5. The van der Waals surface area contributed by atoms with Gasteiger partial charge in [0.2, 0.25) is 0 Å². The van der Waals surface area contributed by atoms with Gasteiger partial charge in [0.15, 0.2) is 5.58 Å². The lowest BCUT2D eigenvalue weighted by atomic mass is 10.0. The molecule has 0 aliphatic carbocycles. The molecule has 21 heavy (non-hydrogen) atoms. The summed E-state index contributed by atoms with van der Waals surface area (Å²) in [7, 11) is 0. The second-order valence-electron chi connectivity index (χ2n) is 4.63. The number of benzene rings is 2. The monoisotopic (exact) mass is 303 g/mol. The summed E-state index contributed by atoms with van der Waals surface area (Å²) in [6.07, 6.45) is 0. The quantitative estimate of drug-likeness (QED) is 0.745. The van der Waals surface area contributed by atoms with E-state index in [0.29, 0.717) is 17.7 Å². The molecule has 1 atom stereocenters. The maximum Gasteiger partial charge on any atom is 0.417 e. The zero-order valence-corrected chi connectivity index (χ0v) is 12.2. The molecule has 0 amide bonds. The molecule has 0 aliphatic rings. The minimum absolute atomic E-state index is 0.315. The van der Waals surface area contributed by atoms with Crippen LogP contribution >= 0.6 is 11.6 Å². The summed E-state index contributed by atoms with van der Waals surface area (Å²) in [6, 6.07) is 13.1. The standard InChI is InChI=1S/C16H14ClNO3/c1-2-20-12-6-3-10(4-7-12)15(17)11-5-8-13-14(9-11)21-16(19)18-13/h3-9,15H,2H2,1H3,(H,18,19). The fourth-order valence-corrected chi connectivity index (χ4v) is 2.49. The van der Waals surface area contributed by atoms with Gasteiger partial charge in [0.1, 0.15) is 5.75 Å². The number of aromatic amines is 1. The van der Waals surface area contributed by atoms with E-state index in [2.05, 4.69) is 4.98 Å². The Labute approximate surface area is 126 Å². The summed E-state index contributed by atoms with van der Waals surface area (Å²) in [4.78, 5) is 13.8. The van der Waals surface area contributed by atoms with Gasteiger partial charge in [-0.2, -0.15) is 0 Å². The summed E-state index contributed by atoms with van der Waals surface area (Å²) in [5.74, 6) is 0.353. The van der Waals surface area contributed by atoms with Crippen molar-refractivity contribution in [2.45, 2.75) is 12.3 Å². The van der Waals surface area contributed by atoms with Crippen LogP contribution in [0.25, 0.3) is 11.1 Å². The molecule has 4 nitrogen and oxygen atoms in total. The topological polar surface area (TPSA) is 55.2 Å². The highest BCUT2D eigenvalue weighted by Gasteiger charge is 2.13. The summed E-state index contributed by atoms with van der Waals surface area (Å²) in [5.41, 5.74) is 3.00. The lowest BCUT2D eigenvalue weighted by molar-refractivity contribution is 0.340. The molecule has 1 N–H and O–H groups in total. The SMILES string of the molecule is CCOc1ccc(C(Cl)c2ccc3[nH]c(=O)oc3c2)cc1. The molecule has 0 spiro atoms. The van der Waals surface area contributed by atoms with Crippen molar-refractivity contribution in [3.05, 3.63) is 64.1 Å². The number of aromatic nitrogens is 1. The van der Waals surface area contributed by atoms with Gasteiger partial charge in [-0.25, -0.2) is 4.79 Å². The fraction of sp³-hybridized carbons (Fsp3) is 0.188. The first-order valence-electron chi connectivity index (χ1n) is 6.67. The van der Waals surface area contributed by atoms with Crippen LogP contribution < -0.4 is 10.5 Å². The van der Waals surface area contributed by atoms with Crippen molar-refractivity contribution in [3.8, 4) is 5.75 Å². The highest BCUT2D eigenvalue weighted by Crippen LogP contribution is 2.31. The van der Waals surface area contributed by atoms with Crippen LogP contribution in [0.1, 0.15) is 23.4 Å². The van der Waals surface area contributed by atoms with Crippen molar-refractivity contribution in [1.82, 2.24) is 4.98 Å². The molecule has 0 aliphatic heterocycles. The second kappa shape index (κ2) is 5.66. The van der Waals surface area contributed by atoms with Crippen molar-refractivity contribution in [2.75, 3.05) is 6.61 Å². The van der Waals surface area contributed by atoms with E-state index in [1.165, 1.54) is 0 Å². The van der Waals surface area contributed by atoms with Gasteiger partial charge in [-0.3, -0.25) is 4.98 Å². The summed E-state index contributed by atoms with van der Waals surface area (Å²) in [6.45, 7) is 2.57. The van der Waals surface area contributed by atoms with E-state index in [1.54, 1.807) is 12.1 Å². The molecule has 0 saturated heterocycles. The molecule has 0 bridgehead atoms. The third-order valence-corrected chi connectivity index (χ3v) is 3.73. The van der Waals surface area contributed by atoms with E-state index in [4.69, 9.17) is 20.8 Å². The van der Waals surface area contributed by atoms with E-state index in [-0.39, 0.29) is 5.38 Å². The maximum atomic E-state index is 11.2. The molecule has 0 saturated carbocycles. The Morgan fingerprint density at radius 3 is 2.62 bits per heavy atom. The first-order valence-corrected chi connectivity index (χ1v) is 7.10. The molecule has 0 fully saturated rings. The third-order valence-electron chi connectivity index (χ3n) is 3.22. The number of rotatable bonds is 4. The van der Waals surface area contributed by atoms with E-state index < -0.39 is 5.76 Å². The predicted molar refractivity (Wildman–Crippen MR) is 82.1 cm³/mol. The Kier molecular flexibility index (Phi) is 3.71. The average Bonchev–Trinajstić information content (AvgIpc) is 2.86. The number of halogens is 1. The summed E-state index contributed by atoms with van der Waals surface area (Å²) < 4.78 is 10.5. The zero-order valence-electron chi connectivity index (χ0n) is 11.4. The Morgan fingerprint density at radius 2 is 1.90 bits per heavy atom. The van der Waals surface area contributed by atoms with E-state index >= 15 is 0 Å². The minimum Gasteiger partial charge on any atom is -0.494 e. The predicted octanol–water partition coefficient (Wildman–Crippen LogP) is 3.85. The smallest absolute Gasteiger partial charge is 0.417 e. The third kappa shape index (κ3) is 2.81. The van der Waals surface area contributed by atoms with Crippen molar-refractivity contribution < 1.29 is 9.15 Å². The van der Waals surface area contributed by atoms with E-state index in [0.717, 1.165) is 16.9 Å². The number of H-pyrrole nitrogens is 1. The van der Waals surface area contributed by atoms with Crippen molar-refractivity contribution in [1.29, 1.82) is 0 Å². The van der Waals surface area contributed by atoms with Gasteiger partial charge < -0.3 is 9.15 Å². The molecule has 5 heteroatoms. The Balaban J connectivity index is 1.91. The number of alkyl halides is 1. The van der Waals surface area contributed by atoms with Gasteiger partial charge in [-0.1, -0.05) is 18.2 Å². The summed E-state index contributed by atoms with van der Waals surface area (Å²) >= 11 is 6.50. The number of fused-ring (bicyclic) bond motifs is 1. The molecule has 1 heterocycles. The highest BCUT2D eigenvalue weighted by molar-refractivity contribution is 6.22. The van der Waals surface area contributed by atoms with Gasteiger partial charge in [0.05, 0.1) is 17.5 Å². The Morgan fingerprint density at radius 1 is 1.19 bits per heavy atom. The van der Waals surface area contributed by atoms with Gasteiger partial charge in [-0.05, 0) is 42.3 Å². The van der Waals surface area contributed by atoms with Crippen LogP contribution in [0.4, 0.5) is 0 Å². The number of hydrogen-bond donors (Lipinski definition) is 1. The van der Waals surface area contributed by atoms with Crippen LogP contribution in [0, 0.1) is 0 Å². The van der Waals surface area contributed by atoms with Crippen molar-refractivity contribution in [2.24, 2.45) is 0 Å². The Bertz CT molecular complexity index is 804. The molecule has 0 radical (unpaired) electrons. The molecule has 1 aromatic heterocycles. The summed E-state index contributed by atoms with van der Waals surface area (Å²) in [5, 5.41) is -0.315. The van der Waals surface area contributed by atoms with Crippen LogP contribution in [0.3, 0.4) is 0 Å². The highest BCUT2D eigenvalue weighted by atomic mass is 35.5. The van der Waals surface area contributed by atoms with E-state index in [9.17, 15) is 4.79 Å². The number of oxazole rings is 1. The maximum absolute atomic E-state index is 11.2. The van der Waals surface area contributed by atoms with Gasteiger partial charge in [0, 0.05) is 0 Å². The lowest BCUT2D eigenvalue weighted by Gasteiger charge is -2.11. The molecule has 2 aromatic carbocycles. The van der Waals surface area contributed by atoms with Crippen LogP contribution in [0.15, 0.2) is 51.7 Å². The van der Waals surface area contributed by atoms with Crippen LogP contribution in [0.5, 0.6) is 5.75 Å². The number of nitrogens with one attached hydrogen (secondary N) is 1. The van der Waals surface area contributed by atoms with Gasteiger partial charge in [-0.15, -0.1) is 11.6 Å². The van der Waals surface area contributed by atoms with Crippen LogP contribution in [-0.2, 0) is 0 Å². The van der Waals surface area contributed by atoms with E-state index in [1.807, 2.05) is 37.3 Å². The first kappa shape index (κ1) is 13.8. The Hall–Kier alpha value is -2.20. The minimum atomic E-state index is -0.464. The molecular weight excluding hydrogens is 290 g/mol. The van der Waals surface area contributed by atoms with Gasteiger partial charge >= 0.3 is 5.76 Å². The van der Waals surface area contributed by atoms with Gasteiger partial charge in [0.25, 0.3) is 0 Å². The van der Waals surface area contributed by atoms with Crippen LogP contribution in [-0.4, -0.2) is 11.6 Å². The number of hydrogen-bond acceptors (Lipinski definition) is 3.